The van der Waals surface area contributed by atoms with Crippen LogP contribution in [0.25, 0.3) is 22.3 Å². The van der Waals surface area contributed by atoms with Crippen molar-refractivity contribution in [2.24, 2.45) is 0 Å². The number of nitrogens with zero attached hydrogens (tertiary/aromatic N) is 5. The first-order chi connectivity index (χ1) is 18.0. The molecule has 1 fully saturated rings. The molecule has 9 heteroatoms. The zero-order valence-corrected chi connectivity index (χ0v) is 21.7. The lowest BCUT2D eigenvalue weighted by molar-refractivity contribution is -0.137. The number of para-hydroxylation sites is 1. The van der Waals surface area contributed by atoms with E-state index in [4.69, 9.17) is 10.8 Å². The van der Waals surface area contributed by atoms with Crippen molar-refractivity contribution in [1.82, 2.24) is 24.9 Å². The van der Waals surface area contributed by atoms with Crippen LogP contribution in [-0.2, 0) is 4.79 Å². The first kappa shape index (κ1) is 26.9. The standard InChI is InChI=1S/C28H40N6O3/c29-28-27-24(20-23(30-31-27)22-12-9-10-13-25(22)35)34(32-28)21-15-18-33(19-16-21)17-11-7-5-3-1-2-4-6-8-14-26(36)37/h9-10,12-13,20-21,35H,1-8,11,14-19H2,(H2,29,32)(H,36,37). The molecule has 1 aliphatic heterocycles. The van der Waals surface area contributed by atoms with Gasteiger partial charge in [-0.25, -0.2) is 0 Å². The molecule has 0 saturated carbocycles. The summed E-state index contributed by atoms with van der Waals surface area (Å²) in [6.45, 7) is 3.24. The maximum absolute atomic E-state index is 10.5. The molecule has 4 N–H and O–H groups in total. The number of carboxylic acid groups (broad SMARTS) is 1. The molecule has 37 heavy (non-hydrogen) atoms. The average molecular weight is 509 g/mol. The summed E-state index contributed by atoms with van der Waals surface area (Å²) in [7, 11) is 0. The van der Waals surface area contributed by atoms with Crippen LogP contribution in [0.15, 0.2) is 30.3 Å². The molecule has 1 aromatic carbocycles. The second-order valence-electron chi connectivity index (χ2n) is 10.2. The highest BCUT2D eigenvalue weighted by molar-refractivity contribution is 5.87. The lowest BCUT2D eigenvalue weighted by Crippen LogP contribution is -2.35. The minimum Gasteiger partial charge on any atom is -0.507 e. The van der Waals surface area contributed by atoms with Gasteiger partial charge in [-0.1, -0.05) is 57.1 Å². The molecule has 9 nitrogen and oxygen atoms in total. The smallest absolute Gasteiger partial charge is 0.303 e. The molecule has 4 rings (SSSR count). The largest absolute Gasteiger partial charge is 0.507 e. The number of nitrogens with two attached hydrogens (primary N) is 1. The number of benzene rings is 1. The summed E-state index contributed by atoms with van der Waals surface area (Å²) in [6, 6.07) is 9.35. The molecule has 0 spiro atoms. The lowest BCUT2D eigenvalue weighted by Gasteiger charge is -2.32. The van der Waals surface area contributed by atoms with Crippen molar-refractivity contribution in [1.29, 1.82) is 0 Å². The Hall–Kier alpha value is -3.20. The number of aromatic nitrogens is 4. The lowest BCUT2D eigenvalue weighted by atomic mass is 10.0. The highest BCUT2D eigenvalue weighted by atomic mass is 16.4. The van der Waals surface area contributed by atoms with Crippen LogP contribution in [0, 0.1) is 0 Å². The second kappa shape index (κ2) is 13.4. The van der Waals surface area contributed by atoms with Gasteiger partial charge in [0.2, 0.25) is 0 Å². The van der Waals surface area contributed by atoms with Crippen molar-refractivity contribution in [3.05, 3.63) is 30.3 Å². The number of aromatic hydroxyl groups is 1. The quantitative estimate of drug-likeness (QED) is 0.247. The Morgan fingerprint density at radius 2 is 1.59 bits per heavy atom. The molecule has 0 radical (unpaired) electrons. The van der Waals surface area contributed by atoms with Gasteiger partial charge in [0.15, 0.2) is 11.3 Å². The van der Waals surface area contributed by atoms with E-state index in [0.717, 1.165) is 57.3 Å². The summed E-state index contributed by atoms with van der Waals surface area (Å²) in [5.74, 6) is -0.108. The molecule has 0 amide bonds. The van der Waals surface area contributed by atoms with E-state index in [1.165, 1.54) is 38.5 Å². The van der Waals surface area contributed by atoms with Gasteiger partial charge in [-0.2, -0.15) is 5.10 Å². The SMILES string of the molecule is Nc1nn(C2CCN(CCCCCCCCCCCC(=O)O)CC2)c2cc(-c3ccccc3O)nnc12. The van der Waals surface area contributed by atoms with Crippen LogP contribution < -0.4 is 5.73 Å². The molecular weight excluding hydrogens is 468 g/mol. The van der Waals surface area contributed by atoms with E-state index in [0.29, 0.717) is 29.0 Å². The number of carbonyl (C=O) groups is 1. The maximum atomic E-state index is 10.5. The van der Waals surface area contributed by atoms with Gasteiger partial charge < -0.3 is 20.8 Å². The topological polar surface area (TPSA) is 130 Å². The third-order valence-electron chi connectivity index (χ3n) is 7.43. The summed E-state index contributed by atoms with van der Waals surface area (Å²) in [6.07, 6.45) is 12.9. The van der Waals surface area contributed by atoms with E-state index in [9.17, 15) is 9.90 Å². The molecular formula is C28H40N6O3. The number of unbranched alkanes of at least 4 members (excludes halogenated alkanes) is 8. The van der Waals surface area contributed by atoms with Crippen molar-refractivity contribution >= 4 is 22.8 Å². The number of phenolic OH excluding ortho intramolecular Hbond substituents is 1. The molecule has 3 aromatic rings. The Morgan fingerprint density at radius 3 is 2.27 bits per heavy atom. The molecule has 0 aliphatic carbocycles. The highest BCUT2D eigenvalue weighted by Gasteiger charge is 2.24. The molecule has 2 aromatic heterocycles. The number of rotatable bonds is 14. The van der Waals surface area contributed by atoms with Crippen LogP contribution in [0.3, 0.4) is 0 Å². The van der Waals surface area contributed by atoms with Crippen molar-refractivity contribution in [2.45, 2.75) is 83.1 Å². The normalized spacial score (nSPS) is 14.9. The number of carboxylic acids is 1. The fourth-order valence-electron chi connectivity index (χ4n) is 5.29. The van der Waals surface area contributed by atoms with Gasteiger partial charge in [0.05, 0.1) is 17.3 Å². The third kappa shape index (κ3) is 7.41. The summed E-state index contributed by atoms with van der Waals surface area (Å²) in [4.78, 5) is 13.1. The number of fused-ring (bicyclic) bond motifs is 1. The minimum atomic E-state index is -0.682. The molecule has 1 saturated heterocycles. The van der Waals surface area contributed by atoms with Crippen LogP contribution >= 0.6 is 0 Å². The predicted molar refractivity (Wildman–Crippen MR) is 145 cm³/mol. The molecule has 200 valence electrons. The molecule has 1 aliphatic rings. The van der Waals surface area contributed by atoms with E-state index in [-0.39, 0.29) is 11.8 Å². The number of likely N-dealkylation sites (tertiary alicyclic amines) is 1. The average Bonchev–Trinajstić information content (AvgIpc) is 3.23. The second-order valence-corrected chi connectivity index (χ2v) is 10.2. The first-order valence-corrected chi connectivity index (χ1v) is 13.8. The van der Waals surface area contributed by atoms with Gasteiger partial charge >= 0.3 is 5.97 Å². The van der Waals surface area contributed by atoms with Crippen molar-refractivity contribution in [3.63, 3.8) is 0 Å². The summed E-state index contributed by atoms with van der Waals surface area (Å²) >= 11 is 0. The van der Waals surface area contributed by atoms with Crippen LogP contribution in [0.1, 0.15) is 83.1 Å². The third-order valence-corrected chi connectivity index (χ3v) is 7.43. The van der Waals surface area contributed by atoms with Crippen LogP contribution in [0.5, 0.6) is 5.75 Å². The van der Waals surface area contributed by atoms with Gasteiger partial charge in [-0.3, -0.25) is 9.48 Å². The van der Waals surface area contributed by atoms with E-state index in [1.807, 2.05) is 22.9 Å². The van der Waals surface area contributed by atoms with Crippen molar-refractivity contribution in [2.75, 3.05) is 25.4 Å². The molecule has 0 atom stereocenters. The number of aliphatic carboxylic acids is 1. The number of anilines is 1. The predicted octanol–water partition coefficient (Wildman–Crippen LogP) is 5.40. The number of phenols is 1. The zero-order valence-electron chi connectivity index (χ0n) is 21.7. The van der Waals surface area contributed by atoms with Gasteiger partial charge in [-0.15, -0.1) is 10.2 Å². The van der Waals surface area contributed by atoms with E-state index >= 15 is 0 Å². The summed E-state index contributed by atoms with van der Waals surface area (Å²) < 4.78 is 2.02. The fraction of sp³-hybridized carbons (Fsp3) is 0.571. The minimum absolute atomic E-state index is 0.177. The summed E-state index contributed by atoms with van der Waals surface area (Å²) in [5, 5.41) is 32.1. The Balaban J connectivity index is 1.19. The molecule has 3 heterocycles. The molecule has 0 bridgehead atoms. The van der Waals surface area contributed by atoms with Crippen LogP contribution in [-0.4, -0.2) is 60.7 Å². The Morgan fingerprint density at radius 1 is 0.946 bits per heavy atom. The Bertz CT molecular complexity index is 1160. The van der Waals surface area contributed by atoms with Crippen molar-refractivity contribution in [3.8, 4) is 17.0 Å². The zero-order chi connectivity index (χ0) is 26.0. The number of hydrogen-bond donors (Lipinski definition) is 3. The fourth-order valence-corrected chi connectivity index (χ4v) is 5.29. The monoisotopic (exact) mass is 508 g/mol. The Labute approximate surface area is 218 Å². The van der Waals surface area contributed by atoms with E-state index in [2.05, 4.69) is 20.2 Å². The van der Waals surface area contributed by atoms with Crippen molar-refractivity contribution < 1.29 is 15.0 Å². The maximum Gasteiger partial charge on any atom is 0.303 e. The van der Waals surface area contributed by atoms with Gasteiger partial charge in [0, 0.05) is 25.1 Å². The first-order valence-electron chi connectivity index (χ1n) is 13.8. The van der Waals surface area contributed by atoms with Gasteiger partial charge in [0.1, 0.15) is 5.75 Å². The van der Waals surface area contributed by atoms with E-state index in [1.54, 1.807) is 12.1 Å². The number of nitrogen functional groups attached to an aromatic ring is 1. The Kier molecular flexibility index (Phi) is 9.71. The van der Waals surface area contributed by atoms with Crippen LogP contribution in [0.2, 0.25) is 0 Å². The molecule has 0 unspecified atom stereocenters. The number of hydrogen-bond acceptors (Lipinski definition) is 7. The summed E-state index contributed by atoms with van der Waals surface area (Å²) in [5.41, 5.74) is 8.91. The van der Waals surface area contributed by atoms with Gasteiger partial charge in [0.25, 0.3) is 0 Å². The van der Waals surface area contributed by atoms with Gasteiger partial charge in [-0.05, 0) is 50.4 Å². The van der Waals surface area contributed by atoms with Crippen LogP contribution in [0.4, 0.5) is 5.82 Å². The van der Waals surface area contributed by atoms with E-state index < -0.39 is 5.97 Å². The highest BCUT2D eigenvalue weighted by Crippen LogP contribution is 2.32. The number of piperidine rings is 1.